The predicted molar refractivity (Wildman–Crippen MR) is 99.2 cm³/mol. The molecular weight excluding hydrogens is 348 g/mol. The number of pyridine rings is 1. The van der Waals surface area contributed by atoms with Gasteiger partial charge in [0.1, 0.15) is 11.3 Å². The maximum atomic E-state index is 13.4. The first-order valence-electron chi connectivity index (χ1n) is 10.1. The van der Waals surface area contributed by atoms with Crippen molar-refractivity contribution in [3.8, 4) is 5.75 Å². The van der Waals surface area contributed by atoms with Crippen LogP contribution in [-0.2, 0) is 22.4 Å². The minimum Gasteiger partial charge on any atom is -0.493 e. The van der Waals surface area contributed by atoms with Crippen molar-refractivity contribution in [1.29, 1.82) is 0 Å². The molecular formula is C20H28N2O5. The van der Waals surface area contributed by atoms with Crippen LogP contribution in [0.3, 0.4) is 0 Å². The maximum absolute atomic E-state index is 13.4. The Morgan fingerprint density at radius 2 is 1.89 bits per heavy atom. The number of amides is 1. The Morgan fingerprint density at radius 1 is 1.15 bits per heavy atom. The van der Waals surface area contributed by atoms with Crippen LogP contribution in [0.1, 0.15) is 55.1 Å². The second kappa shape index (κ2) is 7.64. The molecule has 2 fully saturated rings. The number of carbonyl (C=O) groups is 1. The zero-order valence-electron chi connectivity index (χ0n) is 16.0. The number of hydrogen-bond donors (Lipinski definition) is 0. The van der Waals surface area contributed by atoms with Gasteiger partial charge < -0.3 is 23.7 Å². The number of piperidine rings is 1. The molecule has 0 unspecified atom stereocenters. The number of likely N-dealkylation sites (tertiary alicyclic amines) is 1. The highest BCUT2D eigenvalue weighted by atomic mass is 16.7. The number of fused-ring (bicyclic) bond motifs is 1. The largest absolute Gasteiger partial charge is 0.493 e. The van der Waals surface area contributed by atoms with E-state index in [-0.39, 0.29) is 11.5 Å². The lowest BCUT2D eigenvalue weighted by molar-refractivity contribution is -0.181. The SMILES string of the molecule is CCOc1cc(=O)n2c(c1C(=O)N1CCC3(CC1)OCCO3)CCCCC2. The molecule has 4 heterocycles. The third-order valence-electron chi connectivity index (χ3n) is 5.82. The van der Waals surface area contributed by atoms with Crippen molar-refractivity contribution in [2.24, 2.45) is 0 Å². The van der Waals surface area contributed by atoms with Crippen molar-refractivity contribution in [3.05, 3.63) is 27.7 Å². The summed E-state index contributed by atoms with van der Waals surface area (Å²) in [4.78, 5) is 27.9. The average Bonchev–Trinajstić information content (AvgIpc) is 2.97. The number of aromatic nitrogens is 1. The van der Waals surface area contributed by atoms with Gasteiger partial charge in [-0.2, -0.15) is 0 Å². The second-order valence-electron chi connectivity index (χ2n) is 7.46. The van der Waals surface area contributed by atoms with Crippen LogP contribution in [0.15, 0.2) is 10.9 Å². The Labute approximate surface area is 159 Å². The van der Waals surface area contributed by atoms with Crippen molar-refractivity contribution in [1.82, 2.24) is 9.47 Å². The van der Waals surface area contributed by atoms with Crippen LogP contribution in [0, 0.1) is 0 Å². The van der Waals surface area contributed by atoms with E-state index in [0.29, 0.717) is 63.6 Å². The number of hydrogen-bond acceptors (Lipinski definition) is 5. The molecule has 3 aliphatic rings. The lowest BCUT2D eigenvalue weighted by Crippen LogP contribution is -2.47. The summed E-state index contributed by atoms with van der Waals surface area (Å²) < 4.78 is 19.0. The number of carbonyl (C=O) groups excluding carboxylic acids is 1. The zero-order valence-corrected chi connectivity index (χ0v) is 16.0. The number of ether oxygens (including phenoxy) is 3. The van der Waals surface area contributed by atoms with Gasteiger partial charge in [-0.05, 0) is 26.2 Å². The molecule has 1 spiro atoms. The standard InChI is InChI=1S/C20H28N2O5/c1-2-25-16-14-17(23)22-9-5-3-4-6-15(22)18(16)19(24)21-10-7-20(8-11-21)26-12-13-27-20/h14H,2-13H2,1H3. The summed E-state index contributed by atoms with van der Waals surface area (Å²) >= 11 is 0. The van der Waals surface area contributed by atoms with Gasteiger partial charge >= 0.3 is 0 Å². The summed E-state index contributed by atoms with van der Waals surface area (Å²) in [6.45, 7) is 5.39. The summed E-state index contributed by atoms with van der Waals surface area (Å²) in [6, 6.07) is 1.49. The third kappa shape index (κ3) is 3.50. The fourth-order valence-corrected chi connectivity index (χ4v) is 4.41. The van der Waals surface area contributed by atoms with E-state index in [9.17, 15) is 9.59 Å². The molecule has 0 aromatic carbocycles. The second-order valence-corrected chi connectivity index (χ2v) is 7.46. The van der Waals surface area contributed by atoms with E-state index >= 15 is 0 Å². The highest BCUT2D eigenvalue weighted by Crippen LogP contribution is 2.33. The fourth-order valence-electron chi connectivity index (χ4n) is 4.41. The van der Waals surface area contributed by atoms with Gasteiger partial charge in [0.15, 0.2) is 5.79 Å². The van der Waals surface area contributed by atoms with Gasteiger partial charge in [-0.25, -0.2) is 0 Å². The van der Waals surface area contributed by atoms with Crippen LogP contribution in [0.2, 0.25) is 0 Å². The normalized spacial score (nSPS) is 21.7. The molecule has 0 saturated carbocycles. The van der Waals surface area contributed by atoms with E-state index in [1.807, 2.05) is 11.8 Å². The van der Waals surface area contributed by atoms with Crippen molar-refractivity contribution in [2.45, 2.75) is 57.8 Å². The Balaban J connectivity index is 1.65. The summed E-state index contributed by atoms with van der Waals surface area (Å²) in [5.41, 5.74) is 1.34. The van der Waals surface area contributed by atoms with E-state index in [1.54, 1.807) is 4.57 Å². The predicted octanol–water partition coefficient (Wildman–Crippen LogP) is 1.95. The van der Waals surface area contributed by atoms with Gasteiger partial charge in [0.2, 0.25) is 0 Å². The molecule has 0 N–H and O–H groups in total. The molecule has 1 amide bonds. The molecule has 0 radical (unpaired) electrons. The Morgan fingerprint density at radius 3 is 2.59 bits per heavy atom. The molecule has 148 valence electrons. The highest BCUT2D eigenvalue weighted by Gasteiger charge is 2.41. The molecule has 3 aliphatic heterocycles. The first-order chi connectivity index (χ1) is 13.1. The van der Waals surface area contributed by atoms with Crippen LogP contribution in [0.4, 0.5) is 0 Å². The molecule has 27 heavy (non-hydrogen) atoms. The Hall–Kier alpha value is -1.86. The van der Waals surface area contributed by atoms with Crippen molar-refractivity contribution >= 4 is 5.91 Å². The van der Waals surface area contributed by atoms with Crippen LogP contribution < -0.4 is 10.3 Å². The quantitative estimate of drug-likeness (QED) is 0.807. The lowest BCUT2D eigenvalue weighted by Gasteiger charge is -2.38. The maximum Gasteiger partial charge on any atom is 0.259 e. The van der Waals surface area contributed by atoms with Gasteiger partial charge in [0.25, 0.3) is 11.5 Å². The molecule has 2 saturated heterocycles. The van der Waals surface area contributed by atoms with Gasteiger partial charge in [0, 0.05) is 44.2 Å². The van der Waals surface area contributed by atoms with Crippen molar-refractivity contribution in [2.75, 3.05) is 32.9 Å². The van der Waals surface area contributed by atoms with Crippen molar-refractivity contribution < 1.29 is 19.0 Å². The lowest BCUT2D eigenvalue weighted by atomic mass is 10.0. The molecule has 0 bridgehead atoms. The molecule has 4 rings (SSSR count). The van der Waals surface area contributed by atoms with E-state index in [1.165, 1.54) is 6.07 Å². The minimum atomic E-state index is -0.510. The molecule has 0 atom stereocenters. The van der Waals surface area contributed by atoms with E-state index in [4.69, 9.17) is 14.2 Å². The first-order valence-corrected chi connectivity index (χ1v) is 10.1. The summed E-state index contributed by atoms with van der Waals surface area (Å²) in [5, 5.41) is 0. The van der Waals surface area contributed by atoms with Gasteiger partial charge in [-0.15, -0.1) is 0 Å². The molecule has 7 nitrogen and oxygen atoms in total. The van der Waals surface area contributed by atoms with Crippen LogP contribution in [0.25, 0.3) is 0 Å². The average molecular weight is 376 g/mol. The van der Waals surface area contributed by atoms with Crippen LogP contribution >= 0.6 is 0 Å². The zero-order chi connectivity index (χ0) is 18.9. The number of nitrogens with zero attached hydrogens (tertiary/aromatic N) is 2. The van der Waals surface area contributed by atoms with Gasteiger partial charge in [0.05, 0.1) is 19.8 Å². The topological polar surface area (TPSA) is 70.0 Å². The molecule has 7 heteroatoms. The van der Waals surface area contributed by atoms with Crippen molar-refractivity contribution in [3.63, 3.8) is 0 Å². The fraction of sp³-hybridized carbons (Fsp3) is 0.700. The smallest absolute Gasteiger partial charge is 0.259 e. The van der Waals surface area contributed by atoms with E-state index < -0.39 is 5.79 Å². The molecule has 1 aromatic heterocycles. The molecule has 1 aromatic rings. The highest BCUT2D eigenvalue weighted by molar-refractivity contribution is 5.98. The third-order valence-corrected chi connectivity index (χ3v) is 5.82. The van der Waals surface area contributed by atoms with Gasteiger partial charge in [-0.1, -0.05) is 6.42 Å². The molecule has 0 aliphatic carbocycles. The Kier molecular flexibility index (Phi) is 5.23. The summed E-state index contributed by atoms with van der Waals surface area (Å²) in [6.07, 6.45) is 5.12. The van der Waals surface area contributed by atoms with E-state index in [2.05, 4.69) is 0 Å². The van der Waals surface area contributed by atoms with Crippen LogP contribution in [-0.4, -0.2) is 54.1 Å². The summed E-state index contributed by atoms with van der Waals surface area (Å²) in [5.74, 6) is -0.129. The minimum absolute atomic E-state index is 0.0445. The monoisotopic (exact) mass is 376 g/mol. The van der Waals surface area contributed by atoms with Gasteiger partial charge in [-0.3, -0.25) is 9.59 Å². The van der Waals surface area contributed by atoms with Crippen LogP contribution in [0.5, 0.6) is 5.75 Å². The summed E-state index contributed by atoms with van der Waals surface area (Å²) in [7, 11) is 0. The first kappa shape index (κ1) is 18.5. The Bertz CT molecular complexity index is 756. The number of rotatable bonds is 3. The van der Waals surface area contributed by atoms with E-state index in [0.717, 1.165) is 31.4 Å².